The van der Waals surface area contributed by atoms with E-state index in [0.29, 0.717) is 0 Å². The number of halogens is 2. The van der Waals surface area contributed by atoms with Crippen molar-refractivity contribution < 1.29 is 12.4 Å². The third-order valence-electron chi connectivity index (χ3n) is 4.17. The molecule has 0 saturated carbocycles. The topological polar surface area (TPSA) is 0 Å². The second-order valence-corrected chi connectivity index (χ2v) is 10.3. The number of benzene rings is 3. The van der Waals surface area contributed by atoms with Crippen LogP contribution in [-0.2, 0) is 0 Å². The van der Waals surface area contributed by atoms with Gasteiger partial charge in [-0.3, -0.25) is 0 Å². The first-order valence-corrected chi connectivity index (χ1v) is 10.5. The minimum Gasteiger partial charge on any atom is -1.00 e. The SMILES string of the molecule is Cc1ccc([P+](Cl)(c2ccc(C)cc2)c2ccc(C)cc2)cc1.[Cl-]. The van der Waals surface area contributed by atoms with Gasteiger partial charge in [-0.2, -0.15) is 0 Å². The summed E-state index contributed by atoms with van der Waals surface area (Å²) in [6.45, 7) is 4.21. The quantitative estimate of drug-likeness (QED) is 0.615. The largest absolute Gasteiger partial charge is 1.00 e. The molecule has 0 aliphatic heterocycles. The zero-order chi connectivity index (χ0) is 16.4. The normalized spacial score (nSPS) is 11.0. The Morgan fingerprint density at radius 1 is 0.500 bits per heavy atom. The van der Waals surface area contributed by atoms with Crippen LogP contribution in [0.1, 0.15) is 16.7 Å². The third kappa shape index (κ3) is 3.67. The van der Waals surface area contributed by atoms with Crippen molar-refractivity contribution in [2.45, 2.75) is 20.8 Å². The van der Waals surface area contributed by atoms with E-state index in [4.69, 9.17) is 11.2 Å². The summed E-state index contributed by atoms with van der Waals surface area (Å²) in [6.07, 6.45) is 0. The van der Waals surface area contributed by atoms with Crippen molar-refractivity contribution in [3.63, 3.8) is 0 Å². The van der Waals surface area contributed by atoms with Gasteiger partial charge in [-0.25, -0.2) is 0 Å². The monoisotopic (exact) mass is 374 g/mol. The molecule has 124 valence electrons. The van der Waals surface area contributed by atoms with Gasteiger partial charge in [0.2, 0.25) is 6.62 Å². The van der Waals surface area contributed by atoms with E-state index in [0.717, 1.165) is 0 Å². The van der Waals surface area contributed by atoms with Gasteiger partial charge in [0.25, 0.3) is 0 Å². The molecule has 0 saturated heterocycles. The number of aryl methyl sites for hydroxylation is 3. The molecule has 0 heterocycles. The molecule has 0 N–H and O–H groups in total. The molecule has 3 aromatic carbocycles. The molecule has 0 unspecified atom stereocenters. The standard InChI is InChI=1S/C21H21ClP.ClH/c1-16-4-10-19(11-5-16)23(22,20-12-6-17(2)7-13-20)21-14-8-18(3)9-15-21;/h4-15H,1-3H3;1H/q+1;/p-1. The first-order valence-electron chi connectivity index (χ1n) is 7.80. The second kappa shape index (κ2) is 7.70. The molecule has 24 heavy (non-hydrogen) atoms. The Hall–Kier alpha value is -1.33. The maximum atomic E-state index is 7.38. The van der Waals surface area contributed by atoms with Crippen LogP contribution in [0.3, 0.4) is 0 Å². The summed E-state index contributed by atoms with van der Waals surface area (Å²) in [4.78, 5) is 0. The summed E-state index contributed by atoms with van der Waals surface area (Å²) in [5, 5.41) is 3.62. The lowest BCUT2D eigenvalue weighted by molar-refractivity contribution is -0.00000461. The third-order valence-corrected chi connectivity index (χ3v) is 8.96. The first-order chi connectivity index (χ1) is 11.0. The highest BCUT2D eigenvalue weighted by Crippen LogP contribution is 2.60. The van der Waals surface area contributed by atoms with Crippen molar-refractivity contribution in [3.8, 4) is 0 Å². The molecular formula is C21H21Cl2P. The van der Waals surface area contributed by atoms with E-state index < -0.39 is 6.62 Å². The van der Waals surface area contributed by atoms with E-state index in [-0.39, 0.29) is 12.4 Å². The zero-order valence-corrected chi connectivity index (χ0v) is 16.5. The minimum absolute atomic E-state index is 0. The van der Waals surface area contributed by atoms with E-state index in [1.807, 2.05) is 0 Å². The van der Waals surface area contributed by atoms with Crippen LogP contribution < -0.4 is 28.3 Å². The maximum absolute atomic E-state index is 7.38. The zero-order valence-electron chi connectivity index (χ0n) is 14.1. The Bertz CT molecular complexity index is 680. The van der Waals surface area contributed by atoms with Crippen molar-refractivity contribution in [2.75, 3.05) is 0 Å². The van der Waals surface area contributed by atoms with Crippen molar-refractivity contribution in [3.05, 3.63) is 89.5 Å². The van der Waals surface area contributed by atoms with Gasteiger partial charge in [-0.1, -0.05) is 53.1 Å². The highest BCUT2D eigenvalue weighted by Gasteiger charge is 2.44. The lowest BCUT2D eigenvalue weighted by atomic mass is 10.2. The van der Waals surface area contributed by atoms with E-state index in [2.05, 4.69) is 93.6 Å². The van der Waals surface area contributed by atoms with Crippen LogP contribution in [0.25, 0.3) is 0 Å². The fraction of sp³-hybridized carbons (Fsp3) is 0.143. The van der Waals surface area contributed by atoms with Crippen LogP contribution in [0.5, 0.6) is 0 Å². The molecule has 0 aliphatic rings. The molecule has 0 nitrogen and oxygen atoms in total. The molecule has 3 aromatic rings. The molecule has 0 aromatic heterocycles. The number of rotatable bonds is 3. The predicted octanol–water partition coefficient (Wildman–Crippen LogP) is 2.06. The molecule has 3 rings (SSSR count). The molecule has 0 spiro atoms. The van der Waals surface area contributed by atoms with Crippen LogP contribution >= 0.6 is 17.9 Å². The van der Waals surface area contributed by atoms with Gasteiger partial charge in [0, 0.05) is 0 Å². The van der Waals surface area contributed by atoms with Gasteiger partial charge in [0.15, 0.2) is 0 Å². The van der Waals surface area contributed by atoms with Gasteiger partial charge >= 0.3 is 0 Å². The van der Waals surface area contributed by atoms with Crippen LogP contribution in [0.2, 0.25) is 0 Å². The minimum atomic E-state index is -2.11. The summed E-state index contributed by atoms with van der Waals surface area (Å²) in [6, 6.07) is 25.9. The molecule has 0 amide bonds. The summed E-state index contributed by atoms with van der Waals surface area (Å²) < 4.78 is 0. The Labute approximate surface area is 156 Å². The first kappa shape index (κ1) is 19.0. The Kier molecular flexibility index (Phi) is 6.10. The molecule has 0 fully saturated rings. The Morgan fingerprint density at radius 3 is 0.917 bits per heavy atom. The molecule has 0 radical (unpaired) electrons. The summed E-state index contributed by atoms with van der Waals surface area (Å²) in [5.74, 6) is 0. The van der Waals surface area contributed by atoms with Gasteiger partial charge in [-0.15, -0.1) is 0 Å². The lowest BCUT2D eigenvalue weighted by Crippen LogP contribution is -3.00. The molecule has 0 aliphatic carbocycles. The van der Waals surface area contributed by atoms with E-state index >= 15 is 0 Å². The Morgan fingerprint density at radius 2 is 0.708 bits per heavy atom. The van der Waals surface area contributed by atoms with Gasteiger partial charge in [0.1, 0.15) is 27.2 Å². The van der Waals surface area contributed by atoms with E-state index in [9.17, 15) is 0 Å². The summed E-state index contributed by atoms with van der Waals surface area (Å²) >= 11 is 7.38. The van der Waals surface area contributed by atoms with Crippen molar-refractivity contribution in [2.24, 2.45) is 0 Å². The van der Waals surface area contributed by atoms with Crippen LogP contribution in [-0.4, -0.2) is 0 Å². The fourth-order valence-electron chi connectivity index (χ4n) is 2.70. The highest BCUT2D eigenvalue weighted by molar-refractivity contribution is 8.14. The molecule has 0 atom stereocenters. The predicted molar refractivity (Wildman–Crippen MR) is 105 cm³/mol. The lowest BCUT2D eigenvalue weighted by Gasteiger charge is -2.19. The maximum Gasteiger partial charge on any atom is 0.210 e. The van der Waals surface area contributed by atoms with Gasteiger partial charge < -0.3 is 12.4 Å². The van der Waals surface area contributed by atoms with Gasteiger partial charge in [-0.05, 0) is 57.2 Å². The average molecular weight is 375 g/mol. The Balaban J connectivity index is 0.00000208. The smallest absolute Gasteiger partial charge is 0.210 e. The summed E-state index contributed by atoms with van der Waals surface area (Å²) in [7, 11) is 0. The van der Waals surface area contributed by atoms with Gasteiger partial charge in [0.05, 0.1) is 0 Å². The van der Waals surface area contributed by atoms with Crippen molar-refractivity contribution in [1.82, 2.24) is 0 Å². The average Bonchev–Trinajstić information content (AvgIpc) is 2.56. The van der Waals surface area contributed by atoms with Crippen molar-refractivity contribution in [1.29, 1.82) is 0 Å². The molecular weight excluding hydrogens is 354 g/mol. The van der Waals surface area contributed by atoms with Crippen LogP contribution in [0.15, 0.2) is 72.8 Å². The fourth-order valence-corrected chi connectivity index (χ4v) is 6.29. The summed E-state index contributed by atoms with van der Waals surface area (Å²) in [5.41, 5.74) is 3.76. The number of hydrogen-bond donors (Lipinski definition) is 0. The highest BCUT2D eigenvalue weighted by atomic mass is 35.7. The van der Waals surface area contributed by atoms with Crippen LogP contribution in [0, 0.1) is 20.8 Å². The molecule has 3 heteroatoms. The van der Waals surface area contributed by atoms with Crippen LogP contribution in [0.4, 0.5) is 0 Å². The number of hydrogen-bond acceptors (Lipinski definition) is 0. The van der Waals surface area contributed by atoms with E-state index in [1.54, 1.807) is 0 Å². The molecule has 0 bridgehead atoms. The second-order valence-electron chi connectivity index (χ2n) is 6.10. The van der Waals surface area contributed by atoms with Crippen molar-refractivity contribution >= 4 is 33.8 Å². The van der Waals surface area contributed by atoms with E-state index in [1.165, 1.54) is 32.6 Å².